The Balaban J connectivity index is 2.27. The van der Waals surface area contributed by atoms with Crippen LogP contribution in [0.5, 0.6) is 5.75 Å². The summed E-state index contributed by atoms with van der Waals surface area (Å²) < 4.78 is 5.81. The highest BCUT2D eigenvalue weighted by molar-refractivity contribution is 6.42. The average molecular weight is 313 g/mol. The van der Waals surface area contributed by atoms with Crippen molar-refractivity contribution in [3.63, 3.8) is 0 Å². The molecule has 0 saturated carbocycles. The van der Waals surface area contributed by atoms with Crippen molar-refractivity contribution < 1.29 is 19.5 Å². The molecule has 0 radical (unpaired) electrons. The Bertz CT molecular complexity index is 717. The molecule has 2 aromatic carbocycles. The first kappa shape index (κ1) is 16.5. The molecule has 0 aliphatic carbocycles. The molecule has 2 aromatic rings. The van der Waals surface area contributed by atoms with Gasteiger partial charge in [-0.05, 0) is 42.7 Å². The van der Waals surface area contributed by atoms with Gasteiger partial charge in [-0.2, -0.15) is 0 Å². The first-order valence-corrected chi connectivity index (χ1v) is 7.15. The van der Waals surface area contributed by atoms with Crippen LogP contribution in [-0.2, 0) is 16.2 Å². The first-order chi connectivity index (χ1) is 11.0. The molecular weight excluding hydrogens is 294 g/mol. The maximum atomic E-state index is 11.4. The molecule has 0 bridgehead atoms. The lowest BCUT2D eigenvalue weighted by Gasteiger charge is -2.12. The second kappa shape index (κ2) is 7.45. The normalized spacial score (nSPS) is 11.2. The maximum Gasteiger partial charge on any atom is 0.358 e. The SMILES string of the molecule is CON=C(C(=O)O)c1ccccc1COc1cc(C)cc(C)c1. The van der Waals surface area contributed by atoms with Gasteiger partial charge in [0.2, 0.25) is 0 Å². The van der Waals surface area contributed by atoms with Crippen LogP contribution in [0.1, 0.15) is 22.3 Å². The van der Waals surface area contributed by atoms with Crippen LogP contribution in [0.15, 0.2) is 47.6 Å². The van der Waals surface area contributed by atoms with Crippen LogP contribution in [-0.4, -0.2) is 23.9 Å². The smallest absolute Gasteiger partial charge is 0.358 e. The maximum absolute atomic E-state index is 11.4. The van der Waals surface area contributed by atoms with Gasteiger partial charge >= 0.3 is 5.97 Å². The Morgan fingerprint density at radius 3 is 2.39 bits per heavy atom. The fourth-order valence-electron chi connectivity index (χ4n) is 2.35. The molecule has 120 valence electrons. The van der Waals surface area contributed by atoms with E-state index in [9.17, 15) is 9.90 Å². The molecule has 5 nitrogen and oxygen atoms in total. The standard InChI is InChI=1S/C18H19NO4/c1-12-8-13(2)10-15(9-12)23-11-14-6-4-5-7-16(14)17(18(20)21)19-22-3/h4-10H,11H2,1-3H3,(H,20,21). The molecule has 0 unspecified atom stereocenters. The van der Waals surface area contributed by atoms with E-state index in [1.54, 1.807) is 12.1 Å². The number of ether oxygens (including phenoxy) is 1. The minimum atomic E-state index is -1.15. The predicted octanol–water partition coefficient (Wildman–Crippen LogP) is 3.32. The lowest BCUT2D eigenvalue weighted by atomic mass is 10.0. The van der Waals surface area contributed by atoms with Crippen LogP contribution in [0.25, 0.3) is 0 Å². The van der Waals surface area contributed by atoms with Gasteiger partial charge in [0, 0.05) is 5.56 Å². The van der Waals surface area contributed by atoms with Gasteiger partial charge in [-0.1, -0.05) is 35.5 Å². The molecule has 0 aromatic heterocycles. The summed E-state index contributed by atoms with van der Waals surface area (Å²) in [5, 5.41) is 12.9. The lowest BCUT2D eigenvalue weighted by molar-refractivity contribution is -0.129. The second-order valence-electron chi connectivity index (χ2n) is 5.20. The second-order valence-corrected chi connectivity index (χ2v) is 5.20. The van der Waals surface area contributed by atoms with E-state index in [1.807, 2.05) is 38.1 Å². The zero-order chi connectivity index (χ0) is 16.8. The van der Waals surface area contributed by atoms with E-state index in [-0.39, 0.29) is 12.3 Å². The molecule has 23 heavy (non-hydrogen) atoms. The highest BCUT2D eigenvalue weighted by Crippen LogP contribution is 2.19. The highest BCUT2D eigenvalue weighted by Gasteiger charge is 2.17. The van der Waals surface area contributed by atoms with Crippen molar-refractivity contribution in [2.24, 2.45) is 5.16 Å². The molecular formula is C18H19NO4. The van der Waals surface area contributed by atoms with Gasteiger partial charge in [0.1, 0.15) is 19.5 Å². The van der Waals surface area contributed by atoms with Crippen molar-refractivity contribution in [2.75, 3.05) is 7.11 Å². The molecule has 0 heterocycles. The van der Waals surface area contributed by atoms with Crippen LogP contribution < -0.4 is 4.74 Å². The van der Waals surface area contributed by atoms with Gasteiger partial charge < -0.3 is 14.7 Å². The fourth-order valence-corrected chi connectivity index (χ4v) is 2.35. The molecule has 0 spiro atoms. The van der Waals surface area contributed by atoms with Crippen molar-refractivity contribution in [1.29, 1.82) is 0 Å². The zero-order valence-electron chi connectivity index (χ0n) is 13.4. The molecule has 0 atom stereocenters. The zero-order valence-corrected chi connectivity index (χ0v) is 13.4. The van der Waals surface area contributed by atoms with Crippen molar-refractivity contribution in [1.82, 2.24) is 0 Å². The van der Waals surface area contributed by atoms with Crippen LogP contribution >= 0.6 is 0 Å². The lowest BCUT2D eigenvalue weighted by Crippen LogP contribution is -2.17. The molecule has 0 aliphatic rings. The Morgan fingerprint density at radius 1 is 1.13 bits per heavy atom. The Morgan fingerprint density at radius 2 is 1.78 bits per heavy atom. The number of nitrogens with zero attached hydrogens (tertiary/aromatic N) is 1. The Hall–Kier alpha value is -2.82. The number of benzene rings is 2. The highest BCUT2D eigenvalue weighted by atomic mass is 16.6. The van der Waals surface area contributed by atoms with Crippen molar-refractivity contribution >= 4 is 11.7 Å². The van der Waals surface area contributed by atoms with Crippen LogP contribution in [0.2, 0.25) is 0 Å². The molecule has 5 heteroatoms. The number of rotatable bonds is 6. The summed E-state index contributed by atoms with van der Waals surface area (Å²) in [5.41, 5.74) is 3.28. The third-order valence-electron chi connectivity index (χ3n) is 3.25. The fraction of sp³-hybridized carbons (Fsp3) is 0.222. The van der Waals surface area contributed by atoms with Crippen LogP contribution in [0, 0.1) is 13.8 Å². The van der Waals surface area contributed by atoms with E-state index in [1.165, 1.54) is 7.11 Å². The minimum absolute atomic E-state index is 0.146. The summed E-state index contributed by atoms with van der Waals surface area (Å²) in [6, 6.07) is 13.0. The van der Waals surface area contributed by atoms with Crippen molar-refractivity contribution in [2.45, 2.75) is 20.5 Å². The first-order valence-electron chi connectivity index (χ1n) is 7.15. The van der Waals surface area contributed by atoms with E-state index < -0.39 is 5.97 Å². The Labute approximate surface area is 135 Å². The van der Waals surface area contributed by atoms with Gasteiger partial charge in [-0.15, -0.1) is 0 Å². The number of carboxylic acids is 1. The number of hydrogen-bond acceptors (Lipinski definition) is 4. The number of carbonyl (C=O) groups is 1. The monoisotopic (exact) mass is 313 g/mol. The largest absolute Gasteiger partial charge is 0.489 e. The molecule has 2 rings (SSSR count). The number of carboxylic acid groups (broad SMARTS) is 1. The van der Waals surface area contributed by atoms with Gasteiger partial charge in [-0.3, -0.25) is 0 Å². The van der Waals surface area contributed by atoms with Crippen LogP contribution in [0.3, 0.4) is 0 Å². The third-order valence-corrected chi connectivity index (χ3v) is 3.25. The molecule has 0 saturated heterocycles. The van der Waals surface area contributed by atoms with Crippen molar-refractivity contribution in [3.05, 3.63) is 64.7 Å². The summed E-state index contributed by atoms with van der Waals surface area (Å²) in [5.74, 6) is -0.399. The van der Waals surface area contributed by atoms with E-state index in [0.29, 0.717) is 5.56 Å². The number of aliphatic carboxylic acids is 1. The summed E-state index contributed by atoms with van der Waals surface area (Å²) in [6.07, 6.45) is 0. The van der Waals surface area contributed by atoms with E-state index >= 15 is 0 Å². The number of oxime groups is 1. The third kappa shape index (κ3) is 4.32. The molecule has 1 N–H and O–H groups in total. The number of aryl methyl sites for hydroxylation is 2. The van der Waals surface area contributed by atoms with Gasteiger partial charge in [-0.25, -0.2) is 4.79 Å². The quantitative estimate of drug-likeness (QED) is 0.656. The Kier molecular flexibility index (Phi) is 5.36. The average Bonchev–Trinajstić information content (AvgIpc) is 2.50. The van der Waals surface area contributed by atoms with E-state index in [2.05, 4.69) is 16.1 Å². The summed E-state index contributed by atoms with van der Waals surface area (Å²) in [7, 11) is 1.32. The number of hydrogen-bond donors (Lipinski definition) is 1. The van der Waals surface area contributed by atoms with E-state index in [4.69, 9.17) is 4.74 Å². The minimum Gasteiger partial charge on any atom is -0.489 e. The van der Waals surface area contributed by atoms with Gasteiger partial charge in [0.25, 0.3) is 0 Å². The summed E-state index contributed by atoms with van der Waals surface area (Å²) in [4.78, 5) is 16.0. The molecule has 0 fully saturated rings. The van der Waals surface area contributed by atoms with Crippen LogP contribution in [0.4, 0.5) is 0 Å². The van der Waals surface area contributed by atoms with Crippen molar-refractivity contribution in [3.8, 4) is 5.75 Å². The topological polar surface area (TPSA) is 68.1 Å². The van der Waals surface area contributed by atoms with E-state index in [0.717, 1.165) is 22.4 Å². The molecule has 0 aliphatic heterocycles. The molecule has 0 amide bonds. The van der Waals surface area contributed by atoms with Gasteiger partial charge in [0.05, 0.1) is 0 Å². The predicted molar refractivity (Wildman–Crippen MR) is 87.9 cm³/mol. The van der Waals surface area contributed by atoms with Gasteiger partial charge in [0.15, 0.2) is 5.71 Å². The summed E-state index contributed by atoms with van der Waals surface area (Å²) >= 11 is 0. The summed E-state index contributed by atoms with van der Waals surface area (Å²) in [6.45, 7) is 4.25.